The molecule has 0 amide bonds. The Kier molecular flexibility index (Phi) is 6.13. The molecule has 114 valence electrons. The molecule has 20 heavy (non-hydrogen) atoms. The van der Waals surface area contributed by atoms with Crippen molar-refractivity contribution in [2.24, 2.45) is 0 Å². The maximum absolute atomic E-state index is 12.4. The van der Waals surface area contributed by atoms with E-state index >= 15 is 0 Å². The Labute approximate surface area is 121 Å². The van der Waals surface area contributed by atoms with E-state index < -0.39 is 15.6 Å². The zero-order chi connectivity index (χ0) is 15.2. The van der Waals surface area contributed by atoms with Crippen molar-refractivity contribution in [1.29, 1.82) is 0 Å². The molecule has 6 heteroatoms. The fourth-order valence-electron chi connectivity index (χ4n) is 1.59. The number of hydrogen-bond donors (Lipinski definition) is 2. The molecule has 0 aliphatic carbocycles. The molecule has 0 unspecified atom stereocenters. The first-order valence-corrected chi connectivity index (χ1v) is 8.14. The molecule has 0 heterocycles. The van der Waals surface area contributed by atoms with Crippen LogP contribution in [-0.4, -0.2) is 34.2 Å². The highest BCUT2D eigenvalue weighted by atomic mass is 32.2. The molecular formula is C14H24N2O3S. The standard InChI is InChI=1S/C14H24N2O3S/c1-5-15-10-12-8-6-7-9-13(12)20(17,18)16-11-14(2,3)19-4/h6-9,15-16H,5,10-11H2,1-4H3. The SMILES string of the molecule is CCNCc1ccccc1S(=O)(=O)NCC(C)(C)OC. The van der Waals surface area contributed by atoms with Crippen LogP contribution in [0.5, 0.6) is 0 Å². The normalized spacial score (nSPS) is 12.6. The summed E-state index contributed by atoms with van der Waals surface area (Å²) in [6.07, 6.45) is 0. The van der Waals surface area contributed by atoms with Gasteiger partial charge >= 0.3 is 0 Å². The van der Waals surface area contributed by atoms with Crippen molar-refractivity contribution in [2.75, 3.05) is 20.2 Å². The van der Waals surface area contributed by atoms with Gasteiger partial charge in [-0.3, -0.25) is 0 Å². The second-order valence-electron chi connectivity index (χ2n) is 5.18. The van der Waals surface area contributed by atoms with Crippen LogP contribution in [0.3, 0.4) is 0 Å². The van der Waals surface area contributed by atoms with Crippen molar-refractivity contribution in [1.82, 2.24) is 10.0 Å². The number of ether oxygens (including phenoxy) is 1. The van der Waals surface area contributed by atoms with Crippen molar-refractivity contribution in [3.05, 3.63) is 29.8 Å². The summed E-state index contributed by atoms with van der Waals surface area (Å²) >= 11 is 0. The lowest BCUT2D eigenvalue weighted by atomic mass is 10.1. The predicted octanol–water partition coefficient (Wildman–Crippen LogP) is 1.50. The number of hydrogen-bond acceptors (Lipinski definition) is 4. The quantitative estimate of drug-likeness (QED) is 0.763. The van der Waals surface area contributed by atoms with Gasteiger partial charge in [0, 0.05) is 20.2 Å². The number of sulfonamides is 1. The van der Waals surface area contributed by atoms with Crippen LogP contribution >= 0.6 is 0 Å². The molecule has 0 saturated heterocycles. The van der Waals surface area contributed by atoms with Crippen molar-refractivity contribution in [3.8, 4) is 0 Å². The van der Waals surface area contributed by atoms with Gasteiger partial charge in [0.2, 0.25) is 10.0 Å². The Balaban J connectivity index is 2.92. The third-order valence-electron chi connectivity index (χ3n) is 3.07. The second-order valence-corrected chi connectivity index (χ2v) is 6.91. The van der Waals surface area contributed by atoms with E-state index in [0.717, 1.165) is 12.1 Å². The second kappa shape index (κ2) is 7.17. The molecule has 0 bridgehead atoms. The number of rotatable bonds is 8. The summed E-state index contributed by atoms with van der Waals surface area (Å²) in [7, 11) is -1.97. The number of benzene rings is 1. The van der Waals surface area contributed by atoms with Gasteiger partial charge in [0.1, 0.15) is 0 Å². The fourth-order valence-corrected chi connectivity index (χ4v) is 3.03. The van der Waals surface area contributed by atoms with Gasteiger partial charge in [-0.05, 0) is 32.0 Å². The molecule has 0 fully saturated rings. The van der Waals surface area contributed by atoms with Crippen LogP contribution in [-0.2, 0) is 21.3 Å². The summed E-state index contributed by atoms with van der Waals surface area (Å²) in [5, 5.41) is 3.14. The van der Waals surface area contributed by atoms with Crippen molar-refractivity contribution >= 4 is 10.0 Å². The summed E-state index contributed by atoms with van der Waals surface area (Å²) in [5.41, 5.74) is 0.223. The van der Waals surface area contributed by atoms with E-state index in [0.29, 0.717) is 11.4 Å². The van der Waals surface area contributed by atoms with Crippen molar-refractivity contribution < 1.29 is 13.2 Å². The van der Waals surface area contributed by atoms with E-state index in [1.807, 2.05) is 32.9 Å². The molecule has 5 nitrogen and oxygen atoms in total. The summed E-state index contributed by atoms with van der Waals surface area (Å²) in [6, 6.07) is 7.00. The Morgan fingerprint density at radius 1 is 1.25 bits per heavy atom. The molecule has 1 aromatic carbocycles. The predicted molar refractivity (Wildman–Crippen MR) is 80.1 cm³/mol. The van der Waals surface area contributed by atoms with Gasteiger partial charge in [-0.1, -0.05) is 25.1 Å². The lowest BCUT2D eigenvalue weighted by Crippen LogP contribution is -2.40. The van der Waals surface area contributed by atoms with Gasteiger partial charge < -0.3 is 10.1 Å². The van der Waals surface area contributed by atoms with Crippen LogP contribution in [0.1, 0.15) is 26.3 Å². The van der Waals surface area contributed by atoms with Gasteiger partial charge in [-0.2, -0.15) is 0 Å². The largest absolute Gasteiger partial charge is 0.377 e. The summed E-state index contributed by atoms with van der Waals surface area (Å²) < 4.78 is 32.6. The van der Waals surface area contributed by atoms with Gasteiger partial charge in [0.25, 0.3) is 0 Å². The average molecular weight is 300 g/mol. The number of methoxy groups -OCH3 is 1. The van der Waals surface area contributed by atoms with E-state index in [1.54, 1.807) is 19.2 Å². The zero-order valence-electron chi connectivity index (χ0n) is 12.6. The molecule has 0 spiro atoms. The summed E-state index contributed by atoms with van der Waals surface area (Å²) in [5.74, 6) is 0. The molecule has 1 aromatic rings. The summed E-state index contributed by atoms with van der Waals surface area (Å²) in [4.78, 5) is 0.313. The minimum absolute atomic E-state index is 0.224. The molecule has 0 aliphatic heterocycles. The van der Waals surface area contributed by atoms with Crippen molar-refractivity contribution in [3.63, 3.8) is 0 Å². The van der Waals surface area contributed by atoms with Crippen LogP contribution in [0.15, 0.2) is 29.2 Å². The maximum atomic E-state index is 12.4. The van der Waals surface area contributed by atoms with E-state index in [-0.39, 0.29) is 6.54 Å². The van der Waals surface area contributed by atoms with Crippen molar-refractivity contribution in [2.45, 2.75) is 37.8 Å². The van der Waals surface area contributed by atoms with Crippen LogP contribution in [0.4, 0.5) is 0 Å². The Bertz CT molecular complexity index is 527. The Hall–Kier alpha value is -0.950. The van der Waals surface area contributed by atoms with Gasteiger partial charge in [0.05, 0.1) is 10.5 Å². The minimum Gasteiger partial charge on any atom is -0.377 e. The molecule has 0 aliphatic rings. The maximum Gasteiger partial charge on any atom is 0.240 e. The summed E-state index contributed by atoms with van der Waals surface area (Å²) in [6.45, 7) is 7.19. The lowest BCUT2D eigenvalue weighted by molar-refractivity contribution is 0.0276. The molecule has 0 atom stereocenters. The van der Waals surface area contributed by atoms with Gasteiger partial charge in [-0.25, -0.2) is 13.1 Å². The highest BCUT2D eigenvalue weighted by Gasteiger charge is 2.23. The third-order valence-corrected chi connectivity index (χ3v) is 4.57. The fraction of sp³-hybridized carbons (Fsp3) is 0.571. The average Bonchev–Trinajstić information content (AvgIpc) is 2.43. The zero-order valence-corrected chi connectivity index (χ0v) is 13.4. The van der Waals surface area contributed by atoms with Gasteiger partial charge in [0.15, 0.2) is 0 Å². The molecule has 0 radical (unpaired) electrons. The molecule has 1 rings (SSSR count). The molecule has 0 saturated carbocycles. The van der Waals surface area contributed by atoms with Crippen LogP contribution < -0.4 is 10.0 Å². The molecular weight excluding hydrogens is 276 g/mol. The molecule has 2 N–H and O–H groups in total. The first-order chi connectivity index (χ1) is 9.32. The minimum atomic E-state index is -3.53. The first-order valence-electron chi connectivity index (χ1n) is 6.66. The Morgan fingerprint density at radius 2 is 1.90 bits per heavy atom. The van der Waals surface area contributed by atoms with Crippen LogP contribution in [0.25, 0.3) is 0 Å². The highest BCUT2D eigenvalue weighted by Crippen LogP contribution is 2.16. The number of nitrogens with one attached hydrogen (secondary N) is 2. The molecule has 0 aromatic heterocycles. The topological polar surface area (TPSA) is 67.4 Å². The monoisotopic (exact) mass is 300 g/mol. The van der Waals surface area contributed by atoms with E-state index in [4.69, 9.17) is 4.74 Å². The Morgan fingerprint density at radius 3 is 2.50 bits per heavy atom. The van der Waals surface area contributed by atoms with E-state index in [1.165, 1.54) is 0 Å². The van der Waals surface area contributed by atoms with E-state index in [9.17, 15) is 8.42 Å². The third kappa shape index (κ3) is 4.86. The van der Waals surface area contributed by atoms with Crippen LogP contribution in [0, 0.1) is 0 Å². The smallest absolute Gasteiger partial charge is 0.240 e. The first kappa shape index (κ1) is 17.1. The van der Waals surface area contributed by atoms with E-state index in [2.05, 4.69) is 10.0 Å². The van der Waals surface area contributed by atoms with Gasteiger partial charge in [-0.15, -0.1) is 0 Å². The van der Waals surface area contributed by atoms with Crippen LogP contribution in [0.2, 0.25) is 0 Å². The highest BCUT2D eigenvalue weighted by molar-refractivity contribution is 7.89. The lowest BCUT2D eigenvalue weighted by Gasteiger charge is -2.23.